The number of rotatable bonds is 10. The number of nitriles is 2. The van der Waals surface area contributed by atoms with Crippen molar-refractivity contribution in [1.29, 1.82) is 10.5 Å². The number of hydrogen-bond acceptors (Lipinski definition) is 7. The van der Waals surface area contributed by atoms with Gasteiger partial charge in [0.05, 0.1) is 42.6 Å². The Morgan fingerprint density at radius 2 is 1.71 bits per heavy atom. The van der Waals surface area contributed by atoms with Gasteiger partial charge in [0.15, 0.2) is 0 Å². The molecule has 0 saturated carbocycles. The third-order valence-corrected chi connectivity index (χ3v) is 5.58. The van der Waals surface area contributed by atoms with Crippen LogP contribution in [0.3, 0.4) is 0 Å². The van der Waals surface area contributed by atoms with Crippen molar-refractivity contribution in [3.8, 4) is 12.1 Å². The largest absolute Gasteiger partial charge is 0.369 e. The molecule has 0 spiro atoms. The Bertz CT molecular complexity index is 1170. The van der Waals surface area contributed by atoms with Gasteiger partial charge in [0.25, 0.3) is 0 Å². The minimum absolute atomic E-state index is 0.299. The Morgan fingerprint density at radius 3 is 2.29 bits per heavy atom. The van der Waals surface area contributed by atoms with Gasteiger partial charge in [-0.2, -0.15) is 15.6 Å². The number of halogens is 2. The van der Waals surface area contributed by atoms with Gasteiger partial charge in [0.1, 0.15) is 6.42 Å². The molecule has 35 heavy (non-hydrogen) atoms. The van der Waals surface area contributed by atoms with Crippen LogP contribution in [0.25, 0.3) is 0 Å². The number of imide groups is 1. The second kappa shape index (κ2) is 13.9. The summed E-state index contributed by atoms with van der Waals surface area (Å²) in [7, 11) is 0. The fraction of sp³-hybridized carbons (Fsp3) is 0.250. The molecule has 0 atom stereocenters. The van der Waals surface area contributed by atoms with Crippen LogP contribution in [-0.2, 0) is 14.4 Å². The zero-order valence-electron chi connectivity index (χ0n) is 18.9. The molecule has 11 heteroatoms. The molecule has 180 valence electrons. The summed E-state index contributed by atoms with van der Waals surface area (Å²) in [6, 6.07) is 15.7. The maximum absolute atomic E-state index is 12.5. The molecule has 2 aromatic carbocycles. The minimum atomic E-state index is -0.705. The van der Waals surface area contributed by atoms with Crippen LogP contribution in [0, 0.1) is 22.7 Å². The average Bonchev–Trinajstić information content (AvgIpc) is 2.81. The lowest BCUT2D eigenvalue weighted by atomic mass is 10.2. The SMILES string of the molecule is CC(=O)N(C(=O)CC(=O)NN=Cc1ccc(Br)c(N(CCC#N)CCC#N)c1)c1ccc(Cl)cc1. The topological polar surface area (TPSA) is 130 Å². The van der Waals surface area contributed by atoms with E-state index in [9.17, 15) is 14.4 Å². The molecule has 0 heterocycles. The summed E-state index contributed by atoms with van der Waals surface area (Å²) in [6.45, 7) is 2.14. The highest BCUT2D eigenvalue weighted by Crippen LogP contribution is 2.27. The van der Waals surface area contributed by atoms with E-state index in [-0.39, 0.29) is 0 Å². The molecule has 0 aliphatic rings. The number of anilines is 2. The number of hydrazone groups is 1. The van der Waals surface area contributed by atoms with Crippen LogP contribution in [-0.4, -0.2) is 37.0 Å². The van der Waals surface area contributed by atoms with Crippen molar-refractivity contribution in [2.75, 3.05) is 22.9 Å². The number of hydrogen-bond donors (Lipinski definition) is 1. The van der Waals surface area contributed by atoms with Gasteiger partial charge >= 0.3 is 0 Å². The highest BCUT2D eigenvalue weighted by atomic mass is 79.9. The van der Waals surface area contributed by atoms with Crippen molar-refractivity contribution in [3.63, 3.8) is 0 Å². The lowest BCUT2D eigenvalue weighted by Gasteiger charge is -2.24. The van der Waals surface area contributed by atoms with Gasteiger partial charge in [-0.1, -0.05) is 17.7 Å². The van der Waals surface area contributed by atoms with Gasteiger partial charge in [-0.15, -0.1) is 0 Å². The van der Waals surface area contributed by atoms with E-state index in [1.807, 2.05) is 4.90 Å². The molecule has 0 radical (unpaired) electrons. The van der Waals surface area contributed by atoms with E-state index < -0.39 is 24.1 Å². The minimum Gasteiger partial charge on any atom is -0.369 e. The van der Waals surface area contributed by atoms with E-state index in [1.54, 1.807) is 30.3 Å². The van der Waals surface area contributed by atoms with E-state index in [4.69, 9.17) is 22.1 Å². The van der Waals surface area contributed by atoms with Gasteiger partial charge in [-0.25, -0.2) is 5.43 Å². The lowest BCUT2D eigenvalue weighted by Crippen LogP contribution is -2.38. The first-order valence-electron chi connectivity index (χ1n) is 10.5. The zero-order valence-corrected chi connectivity index (χ0v) is 21.2. The van der Waals surface area contributed by atoms with Gasteiger partial charge < -0.3 is 4.90 Å². The molecular formula is C24H22BrClN6O3. The molecule has 1 N–H and O–H groups in total. The molecule has 0 aliphatic carbocycles. The quantitative estimate of drug-likeness (QED) is 0.265. The molecule has 0 aromatic heterocycles. The fourth-order valence-electron chi connectivity index (χ4n) is 3.10. The normalized spacial score (nSPS) is 10.3. The zero-order chi connectivity index (χ0) is 25.8. The Balaban J connectivity index is 2.06. The first-order valence-corrected chi connectivity index (χ1v) is 11.6. The highest BCUT2D eigenvalue weighted by Gasteiger charge is 2.22. The van der Waals surface area contributed by atoms with Crippen LogP contribution in [0.1, 0.15) is 31.7 Å². The van der Waals surface area contributed by atoms with Gasteiger partial charge in [-0.3, -0.25) is 19.3 Å². The van der Waals surface area contributed by atoms with Crippen molar-refractivity contribution >= 4 is 62.8 Å². The lowest BCUT2D eigenvalue weighted by molar-refractivity contribution is -0.129. The molecular weight excluding hydrogens is 536 g/mol. The van der Waals surface area contributed by atoms with Crippen LogP contribution < -0.4 is 15.2 Å². The number of carbonyl (C=O) groups is 3. The molecule has 0 aliphatic heterocycles. The Hall–Kier alpha value is -3.73. The Kier molecular flexibility index (Phi) is 10.9. The third kappa shape index (κ3) is 8.53. The molecule has 0 bridgehead atoms. The summed E-state index contributed by atoms with van der Waals surface area (Å²) in [4.78, 5) is 39.6. The molecule has 2 rings (SSSR count). The van der Waals surface area contributed by atoms with Crippen molar-refractivity contribution in [1.82, 2.24) is 5.43 Å². The van der Waals surface area contributed by atoms with Gasteiger partial charge in [-0.05, 0) is 57.9 Å². The standard InChI is InChI=1S/C24H22BrClN6O3/c1-17(33)32(20-7-5-19(26)6-8-20)24(35)15-23(34)30-29-16-18-4-9-21(25)22(14-18)31(12-2-10-27)13-3-11-28/h4-9,14,16H,2-3,12-13,15H2,1H3,(H,30,34). The van der Waals surface area contributed by atoms with E-state index in [1.165, 1.54) is 25.3 Å². The van der Waals surface area contributed by atoms with Gasteiger partial charge in [0, 0.05) is 29.5 Å². The summed E-state index contributed by atoms with van der Waals surface area (Å²) in [5.74, 6) is -1.93. The summed E-state index contributed by atoms with van der Waals surface area (Å²) in [6.07, 6.45) is 1.43. The molecule has 0 saturated heterocycles. The second-order valence-electron chi connectivity index (χ2n) is 7.21. The predicted octanol–water partition coefficient (Wildman–Crippen LogP) is 4.16. The monoisotopic (exact) mass is 556 g/mol. The summed E-state index contributed by atoms with van der Waals surface area (Å²) in [5, 5.41) is 22.2. The summed E-state index contributed by atoms with van der Waals surface area (Å²) < 4.78 is 0.784. The molecule has 0 unspecified atom stereocenters. The molecule has 3 amide bonds. The summed E-state index contributed by atoms with van der Waals surface area (Å²) in [5.41, 5.74) is 4.03. The van der Waals surface area contributed by atoms with Crippen molar-refractivity contribution in [2.45, 2.75) is 26.2 Å². The maximum atomic E-state index is 12.5. The number of nitrogens with zero attached hydrogens (tertiary/aromatic N) is 5. The fourth-order valence-corrected chi connectivity index (χ4v) is 3.72. The van der Waals surface area contributed by atoms with Crippen LogP contribution in [0.4, 0.5) is 11.4 Å². The first-order chi connectivity index (χ1) is 16.8. The van der Waals surface area contributed by atoms with Crippen molar-refractivity contribution < 1.29 is 14.4 Å². The number of carbonyl (C=O) groups excluding carboxylic acids is 3. The summed E-state index contributed by atoms with van der Waals surface area (Å²) >= 11 is 9.33. The van der Waals surface area contributed by atoms with E-state index in [0.29, 0.717) is 42.2 Å². The third-order valence-electron chi connectivity index (χ3n) is 4.66. The predicted molar refractivity (Wildman–Crippen MR) is 137 cm³/mol. The number of amides is 3. The second-order valence-corrected chi connectivity index (χ2v) is 8.50. The smallest absolute Gasteiger partial charge is 0.249 e. The van der Waals surface area contributed by atoms with E-state index in [0.717, 1.165) is 15.1 Å². The van der Waals surface area contributed by atoms with Crippen molar-refractivity contribution in [3.05, 3.63) is 57.5 Å². The Labute approximate surface area is 216 Å². The van der Waals surface area contributed by atoms with Crippen molar-refractivity contribution in [2.24, 2.45) is 5.10 Å². The molecule has 2 aromatic rings. The van der Waals surface area contributed by atoms with Crippen LogP contribution >= 0.6 is 27.5 Å². The van der Waals surface area contributed by atoms with Crippen LogP contribution in [0.2, 0.25) is 5.02 Å². The first kappa shape index (κ1) is 27.5. The molecule has 0 fully saturated rings. The van der Waals surface area contributed by atoms with E-state index in [2.05, 4.69) is 38.6 Å². The van der Waals surface area contributed by atoms with Crippen LogP contribution in [0.15, 0.2) is 52.0 Å². The van der Waals surface area contributed by atoms with Crippen LogP contribution in [0.5, 0.6) is 0 Å². The highest BCUT2D eigenvalue weighted by molar-refractivity contribution is 9.10. The maximum Gasteiger partial charge on any atom is 0.249 e. The van der Waals surface area contributed by atoms with Gasteiger partial charge in [0.2, 0.25) is 17.7 Å². The average molecular weight is 558 g/mol. The van der Waals surface area contributed by atoms with E-state index >= 15 is 0 Å². The number of nitrogens with one attached hydrogen (secondary N) is 1. The Morgan fingerprint density at radius 1 is 1.09 bits per heavy atom. The number of benzene rings is 2. The molecule has 9 nitrogen and oxygen atoms in total.